The lowest BCUT2D eigenvalue weighted by atomic mass is 9.83. The zero-order valence-corrected chi connectivity index (χ0v) is 20.2. The molecule has 0 radical (unpaired) electrons. The zero-order valence-electron chi connectivity index (χ0n) is 20.2. The smallest absolute Gasteiger partial charge is 0.308 e. The molecule has 1 atom stereocenters. The Kier molecular flexibility index (Phi) is 6.62. The van der Waals surface area contributed by atoms with Gasteiger partial charge in [0.05, 0.1) is 0 Å². The Bertz CT molecular complexity index is 1300. The van der Waals surface area contributed by atoms with Gasteiger partial charge in [0.1, 0.15) is 11.4 Å². The van der Waals surface area contributed by atoms with Crippen molar-refractivity contribution in [3.63, 3.8) is 0 Å². The minimum Gasteiger partial charge on any atom is -0.436 e. The molecule has 0 N–H and O–H groups in total. The van der Waals surface area contributed by atoms with Gasteiger partial charge in [0.15, 0.2) is 5.76 Å². The first-order valence-electron chi connectivity index (χ1n) is 12.2. The number of hydrogen-bond acceptors (Lipinski definition) is 4. The summed E-state index contributed by atoms with van der Waals surface area (Å²) >= 11 is 0. The first-order chi connectivity index (χ1) is 17.1. The van der Waals surface area contributed by atoms with Gasteiger partial charge in [0, 0.05) is 23.6 Å². The molecule has 4 heteroatoms. The van der Waals surface area contributed by atoms with Crippen molar-refractivity contribution in [2.24, 2.45) is 5.92 Å². The van der Waals surface area contributed by atoms with Crippen LogP contribution in [0.15, 0.2) is 89.4 Å². The zero-order chi connectivity index (χ0) is 24.2. The van der Waals surface area contributed by atoms with Gasteiger partial charge in [-0.2, -0.15) is 0 Å². The molecule has 0 saturated heterocycles. The van der Waals surface area contributed by atoms with Crippen LogP contribution in [-0.4, -0.2) is 11.0 Å². The number of carbonyl (C=O) groups is 1. The van der Waals surface area contributed by atoms with Crippen LogP contribution in [0.2, 0.25) is 0 Å². The minimum atomic E-state index is -0.301. The fraction of sp³-hybridized carbons (Fsp3) is 0.226. The van der Waals surface area contributed by atoms with E-state index in [4.69, 9.17) is 14.1 Å². The van der Waals surface area contributed by atoms with E-state index < -0.39 is 0 Å². The number of esters is 1. The van der Waals surface area contributed by atoms with E-state index in [1.807, 2.05) is 55.5 Å². The molecule has 176 valence electrons. The summed E-state index contributed by atoms with van der Waals surface area (Å²) in [4.78, 5) is 16.6. The molecule has 1 aliphatic rings. The Balaban J connectivity index is 1.51. The SMILES string of the molecule is CC(=O)Oc1cc(CC2CCCC=C2c2nc(-c3ccccc3)c(-c3ccccc3)o2)ccc1C. The Morgan fingerprint density at radius 3 is 2.43 bits per heavy atom. The second kappa shape index (κ2) is 10.1. The Morgan fingerprint density at radius 2 is 1.71 bits per heavy atom. The van der Waals surface area contributed by atoms with Crippen molar-refractivity contribution in [2.45, 2.75) is 39.5 Å². The number of allylic oxidation sites excluding steroid dienone is 2. The van der Waals surface area contributed by atoms with E-state index in [-0.39, 0.29) is 11.9 Å². The summed E-state index contributed by atoms with van der Waals surface area (Å²) in [5, 5.41) is 0. The number of carbonyl (C=O) groups excluding carboxylic acids is 1. The minimum absolute atomic E-state index is 0.280. The lowest BCUT2D eigenvalue weighted by Gasteiger charge is -2.23. The number of rotatable bonds is 6. The molecule has 0 fully saturated rings. The average molecular weight is 464 g/mol. The van der Waals surface area contributed by atoms with E-state index >= 15 is 0 Å². The molecular weight excluding hydrogens is 434 g/mol. The highest BCUT2D eigenvalue weighted by Gasteiger charge is 2.26. The maximum Gasteiger partial charge on any atom is 0.308 e. The van der Waals surface area contributed by atoms with E-state index in [0.717, 1.165) is 65.0 Å². The molecule has 0 saturated carbocycles. The maximum absolute atomic E-state index is 11.5. The predicted molar refractivity (Wildman–Crippen MR) is 139 cm³/mol. The number of ether oxygens (including phenoxy) is 1. The van der Waals surface area contributed by atoms with Crippen molar-refractivity contribution >= 4 is 11.5 Å². The largest absolute Gasteiger partial charge is 0.436 e. The summed E-state index contributed by atoms with van der Waals surface area (Å²) in [5.74, 6) is 2.10. The molecule has 0 amide bonds. The standard InChI is InChI=1S/C31H29NO3/c1-21-17-18-23(20-28(21)34-22(2)33)19-26-15-9-10-16-27(26)31-32-29(24-11-5-3-6-12-24)30(35-31)25-13-7-4-8-14-25/h3-8,11-14,16-18,20,26H,9-10,15,19H2,1-2H3. The summed E-state index contributed by atoms with van der Waals surface area (Å²) in [7, 11) is 0. The first-order valence-corrected chi connectivity index (χ1v) is 12.2. The number of aromatic nitrogens is 1. The van der Waals surface area contributed by atoms with Gasteiger partial charge in [-0.1, -0.05) is 78.9 Å². The third kappa shape index (κ3) is 5.12. The van der Waals surface area contributed by atoms with Gasteiger partial charge < -0.3 is 9.15 Å². The maximum atomic E-state index is 11.5. The number of nitrogens with zero attached hydrogens (tertiary/aromatic N) is 1. The fourth-order valence-corrected chi connectivity index (χ4v) is 4.76. The van der Waals surface area contributed by atoms with Crippen LogP contribution in [0.3, 0.4) is 0 Å². The van der Waals surface area contributed by atoms with Gasteiger partial charge in [0.2, 0.25) is 5.89 Å². The van der Waals surface area contributed by atoms with Crippen LogP contribution < -0.4 is 4.74 Å². The number of hydrogen-bond donors (Lipinski definition) is 0. The average Bonchev–Trinajstić information content (AvgIpc) is 3.33. The van der Waals surface area contributed by atoms with Crippen molar-refractivity contribution in [2.75, 3.05) is 0 Å². The molecule has 4 nitrogen and oxygen atoms in total. The summed E-state index contributed by atoms with van der Waals surface area (Å²) in [6.45, 7) is 3.39. The molecule has 1 aromatic heterocycles. The molecule has 1 unspecified atom stereocenters. The number of benzene rings is 3. The van der Waals surface area contributed by atoms with Crippen molar-refractivity contribution in [1.29, 1.82) is 0 Å². The van der Waals surface area contributed by atoms with Crippen molar-refractivity contribution < 1.29 is 13.9 Å². The molecule has 4 aromatic rings. The van der Waals surface area contributed by atoms with E-state index in [0.29, 0.717) is 11.6 Å². The normalized spacial score (nSPS) is 15.5. The van der Waals surface area contributed by atoms with Gasteiger partial charge >= 0.3 is 5.97 Å². The van der Waals surface area contributed by atoms with E-state index in [1.54, 1.807) is 0 Å². The van der Waals surface area contributed by atoms with Crippen LogP contribution in [0.5, 0.6) is 5.75 Å². The first kappa shape index (κ1) is 22.9. The summed E-state index contributed by atoms with van der Waals surface area (Å²) in [5.41, 5.74) is 6.18. The van der Waals surface area contributed by atoms with Crippen molar-refractivity contribution in [1.82, 2.24) is 4.98 Å². The van der Waals surface area contributed by atoms with Crippen LogP contribution in [0.25, 0.3) is 28.2 Å². The fourth-order valence-electron chi connectivity index (χ4n) is 4.76. The Labute approximate surface area is 206 Å². The molecule has 35 heavy (non-hydrogen) atoms. The van der Waals surface area contributed by atoms with Gasteiger partial charge in [-0.25, -0.2) is 4.98 Å². The molecule has 0 bridgehead atoms. The van der Waals surface area contributed by atoms with Gasteiger partial charge in [-0.15, -0.1) is 0 Å². The second-order valence-corrected chi connectivity index (χ2v) is 9.11. The van der Waals surface area contributed by atoms with Crippen LogP contribution in [0.1, 0.15) is 43.2 Å². The van der Waals surface area contributed by atoms with Crippen LogP contribution in [-0.2, 0) is 11.2 Å². The highest BCUT2D eigenvalue weighted by atomic mass is 16.5. The molecule has 0 spiro atoms. The summed E-state index contributed by atoms with van der Waals surface area (Å²) in [6, 6.07) is 26.5. The van der Waals surface area contributed by atoms with E-state index in [1.165, 1.54) is 6.92 Å². The van der Waals surface area contributed by atoms with Crippen molar-refractivity contribution in [3.8, 4) is 28.3 Å². The highest BCUT2D eigenvalue weighted by molar-refractivity contribution is 5.79. The third-order valence-electron chi connectivity index (χ3n) is 6.51. The molecule has 1 heterocycles. The lowest BCUT2D eigenvalue weighted by molar-refractivity contribution is -0.131. The van der Waals surface area contributed by atoms with E-state index in [9.17, 15) is 4.79 Å². The lowest BCUT2D eigenvalue weighted by Crippen LogP contribution is -2.12. The second-order valence-electron chi connectivity index (χ2n) is 9.11. The molecule has 0 aliphatic heterocycles. The van der Waals surface area contributed by atoms with Crippen LogP contribution in [0.4, 0.5) is 0 Å². The summed E-state index contributed by atoms with van der Waals surface area (Å²) in [6.07, 6.45) is 6.33. The molecule has 5 rings (SSSR count). The molecule has 1 aliphatic carbocycles. The van der Waals surface area contributed by atoms with Gasteiger partial charge in [0.25, 0.3) is 0 Å². The monoisotopic (exact) mass is 463 g/mol. The van der Waals surface area contributed by atoms with Crippen molar-refractivity contribution in [3.05, 3.63) is 102 Å². The topological polar surface area (TPSA) is 52.3 Å². The van der Waals surface area contributed by atoms with E-state index in [2.05, 4.69) is 36.4 Å². The highest BCUT2D eigenvalue weighted by Crippen LogP contribution is 2.40. The predicted octanol–water partition coefficient (Wildman–Crippen LogP) is 7.67. The van der Waals surface area contributed by atoms with Crippen LogP contribution >= 0.6 is 0 Å². The molecular formula is C31H29NO3. The van der Waals surface area contributed by atoms with Crippen LogP contribution in [0, 0.1) is 12.8 Å². The third-order valence-corrected chi connectivity index (χ3v) is 6.51. The van der Waals surface area contributed by atoms with Gasteiger partial charge in [-0.05, 0) is 55.7 Å². The summed E-state index contributed by atoms with van der Waals surface area (Å²) < 4.78 is 11.9. The van der Waals surface area contributed by atoms with Gasteiger partial charge in [-0.3, -0.25) is 4.79 Å². The quantitative estimate of drug-likeness (QED) is 0.217. The molecule has 3 aromatic carbocycles. The number of oxazole rings is 1. The Hall–Kier alpha value is -3.92. The Morgan fingerprint density at radius 1 is 1.00 bits per heavy atom. The number of aryl methyl sites for hydroxylation is 1.